The Labute approximate surface area is 124 Å². The number of nitrogens with two attached hydrogens (primary N) is 1. The molecular weight excluding hydrogens is 268 g/mol. The van der Waals surface area contributed by atoms with Crippen LogP contribution in [0.1, 0.15) is 30.3 Å². The van der Waals surface area contributed by atoms with Gasteiger partial charge in [-0.2, -0.15) is 0 Å². The van der Waals surface area contributed by atoms with Crippen LogP contribution >= 0.6 is 11.3 Å². The van der Waals surface area contributed by atoms with Crippen molar-refractivity contribution in [2.24, 2.45) is 5.73 Å². The minimum absolute atomic E-state index is 0.0219. The SMILES string of the molecule is CC(C)N(Cc1ccccc1)C(=O)C(N)c1cccs1. The van der Waals surface area contributed by atoms with Crippen LogP contribution in [0.15, 0.2) is 47.8 Å². The fraction of sp³-hybridized carbons (Fsp3) is 0.312. The van der Waals surface area contributed by atoms with Crippen molar-refractivity contribution in [2.45, 2.75) is 32.5 Å². The van der Waals surface area contributed by atoms with E-state index in [-0.39, 0.29) is 11.9 Å². The Hall–Kier alpha value is -1.65. The van der Waals surface area contributed by atoms with Crippen molar-refractivity contribution < 1.29 is 4.79 Å². The van der Waals surface area contributed by atoms with Crippen molar-refractivity contribution in [3.05, 3.63) is 58.3 Å². The summed E-state index contributed by atoms with van der Waals surface area (Å²) in [4.78, 5) is 15.3. The Kier molecular flexibility index (Phi) is 4.93. The van der Waals surface area contributed by atoms with Gasteiger partial charge in [-0.05, 0) is 30.9 Å². The molecule has 0 aliphatic heterocycles. The van der Waals surface area contributed by atoms with Crippen LogP contribution in [0.2, 0.25) is 0 Å². The summed E-state index contributed by atoms with van der Waals surface area (Å²) < 4.78 is 0. The van der Waals surface area contributed by atoms with E-state index in [2.05, 4.69) is 0 Å². The molecule has 0 radical (unpaired) electrons. The molecule has 1 aromatic carbocycles. The van der Waals surface area contributed by atoms with Gasteiger partial charge in [-0.1, -0.05) is 36.4 Å². The van der Waals surface area contributed by atoms with Gasteiger partial charge in [0, 0.05) is 17.5 Å². The zero-order valence-corrected chi connectivity index (χ0v) is 12.6. The molecule has 20 heavy (non-hydrogen) atoms. The van der Waals surface area contributed by atoms with Crippen molar-refractivity contribution in [3.8, 4) is 0 Å². The third-order valence-electron chi connectivity index (χ3n) is 3.22. The first-order valence-electron chi connectivity index (χ1n) is 6.73. The van der Waals surface area contributed by atoms with Gasteiger partial charge in [0.05, 0.1) is 0 Å². The standard InChI is InChI=1S/C16H20N2OS/c1-12(2)18(11-13-7-4-3-5-8-13)16(19)15(17)14-9-6-10-20-14/h3-10,12,15H,11,17H2,1-2H3. The fourth-order valence-electron chi connectivity index (χ4n) is 2.06. The third-order valence-corrected chi connectivity index (χ3v) is 4.17. The predicted octanol–water partition coefficient (Wildman–Crippen LogP) is 3.19. The van der Waals surface area contributed by atoms with E-state index in [4.69, 9.17) is 5.73 Å². The number of hydrogen-bond acceptors (Lipinski definition) is 3. The number of rotatable bonds is 5. The van der Waals surface area contributed by atoms with Crippen LogP contribution in [-0.4, -0.2) is 16.8 Å². The van der Waals surface area contributed by atoms with E-state index in [0.29, 0.717) is 6.54 Å². The number of benzene rings is 1. The average Bonchev–Trinajstić information content (AvgIpc) is 2.98. The largest absolute Gasteiger partial charge is 0.334 e. The van der Waals surface area contributed by atoms with Gasteiger partial charge in [-0.15, -0.1) is 11.3 Å². The molecule has 1 unspecified atom stereocenters. The highest BCUT2D eigenvalue weighted by molar-refractivity contribution is 7.10. The molecule has 2 rings (SSSR count). The number of thiophene rings is 1. The van der Waals surface area contributed by atoms with Crippen LogP contribution in [0.25, 0.3) is 0 Å². The topological polar surface area (TPSA) is 46.3 Å². The van der Waals surface area contributed by atoms with Gasteiger partial charge in [0.25, 0.3) is 0 Å². The summed E-state index contributed by atoms with van der Waals surface area (Å²) in [5.74, 6) is -0.0219. The quantitative estimate of drug-likeness (QED) is 0.918. The Morgan fingerprint density at radius 1 is 1.20 bits per heavy atom. The molecule has 0 saturated carbocycles. The Morgan fingerprint density at radius 3 is 2.45 bits per heavy atom. The summed E-state index contributed by atoms with van der Waals surface area (Å²) in [6.07, 6.45) is 0. The maximum atomic E-state index is 12.6. The molecule has 1 aromatic heterocycles. The van der Waals surface area contributed by atoms with Crippen molar-refractivity contribution in [1.82, 2.24) is 4.90 Å². The second-order valence-corrected chi connectivity index (χ2v) is 6.02. The molecule has 0 aliphatic carbocycles. The van der Waals surface area contributed by atoms with Crippen molar-refractivity contribution in [3.63, 3.8) is 0 Å². The molecule has 1 heterocycles. The van der Waals surface area contributed by atoms with Gasteiger partial charge in [0.2, 0.25) is 5.91 Å². The van der Waals surface area contributed by atoms with Crippen LogP contribution in [0.5, 0.6) is 0 Å². The highest BCUT2D eigenvalue weighted by atomic mass is 32.1. The molecule has 0 aliphatic rings. The molecule has 0 saturated heterocycles. The summed E-state index contributed by atoms with van der Waals surface area (Å²) in [6.45, 7) is 4.63. The van der Waals surface area contributed by atoms with Gasteiger partial charge in [-0.25, -0.2) is 0 Å². The number of carbonyl (C=O) groups excluding carboxylic acids is 1. The lowest BCUT2D eigenvalue weighted by Gasteiger charge is -2.29. The molecule has 4 heteroatoms. The molecule has 0 spiro atoms. The zero-order valence-electron chi connectivity index (χ0n) is 11.8. The van der Waals surface area contributed by atoms with E-state index in [9.17, 15) is 4.79 Å². The molecular formula is C16H20N2OS. The lowest BCUT2D eigenvalue weighted by molar-refractivity contribution is -0.135. The molecule has 1 atom stereocenters. The van der Waals surface area contributed by atoms with Gasteiger partial charge in [-0.3, -0.25) is 4.79 Å². The smallest absolute Gasteiger partial charge is 0.245 e. The van der Waals surface area contributed by atoms with Crippen LogP contribution in [-0.2, 0) is 11.3 Å². The summed E-state index contributed by atoms with van der Waals surface area (Å²) in [6, 6.07) is 13.4. The highest BCUT2D eigenvalue weighted by Gasteiger charge is 2.25. The van der Waals surface area contributed by atoms with Gasteiger partial charge >= 0.3 is 0 Å². The molecule has 1 amide bonds. The first kappa shape index (κ1) is 14.8. The van der Waals surface area contributed by atoms with E-state index in [1.165, 1.54) is 11.3 Å². The summed E-state index contributed by atoms with van der Waals surface area (Å²) in [5.41, 5.74) is 7.21. The summed E-state index contributed by atoms with van der Waals surface area (Å²) in [5, 5.41) is 1.94. The molecule has 0 fully saturated rings. The molecule has 106 valence electrons. The first-order chi connectivity index (χ1) is 9.59. The summed E-state index contributed by atoms with van der Waals surface area (Å²) >= 11 is 1.52. The predicted molar refractivity (Wildman–Crippen MR) is 83.4 cm³/mol. The van der Waals surface area contributed by atoms with Crippen molar-refractivity contribution >= 4 is 17.2 Å². The highest BCUT2D eigenvalue weighted by Crippen LogP contribution is 2.21. The minimum atomic E-state index is -0.568. The number of nitrogens with zero attached hydrogens (tertiary/aromatic N) is 1. The van der Waals surface area contributed by atoms with Crippen molar-refractivity contribution in [2.75, 3.05) is 0 Å². The van der Waals surface area contributed by atoms with E-state index in [0.717, 1.165) is 10.4 Å². The van der Waals surface area contributed by atoms with E-state index < -0.39 is 6.04 Å². The van der Waals surface area contributed by atoms with E-state index >= 15 is 0 Å². The maximum absolute atomic E-state index is 12.6. The second kappa shape index (κ2) is 6.68. The fourth-order valence-corrected chi connectivity index (χ4v) is 2.78. The van der Waals surface area contributed by atoms with Crippen LogP contribution in [0.3, 0.4) is 0 Å². The third kappa shape index (κ3) is 3.46. The summed E-state index contributed by atoms with van der Waals surface area (Å²) in [7, 11) is 0. The Morgan fingerprint density at radius 2 is 1.90 bits per heavy atom. The van der Waals surface area contributed by atoms with Gasteiger partial charge in [0.1, 0.15) is 6.04 Å². The normalized spacial score (nSPS) is 12.4. The number of amides is 1. The number of hydrogen-bond donors (Lipinski definition) is 1. The van der Waals surface area contributed by atoms with Crippen LogP contribution in [0, 0.1) is 0 Å². The Balaban J connectivity index is 2.14. The molecule has 2 aromatic rings. The Bertz CT molecular complexity index is 537. The van der Waals surface area contributed by atoms with Crippen molar-refractivity contribution in [1.29, 1.82) is 0 Å². The zero-order chi connectivity index (χ0) is 14.5. The number of carbonyl (C=O) groups is 1. The molecule has 0 bridgehead atoms. The van der Waals surface area contributed by atoms with Crippen LogP contribution in [0.4, 0.5) is 0 Å². The maximum Gasteiger partial charge on any atom is 0.245 e. The van der Waals surface area contributed by atoms with E-state index in [1.54, 1.807) is 0 Å². The lowest BCUT2D eigenvalue weighted by atomic mass is 10.1. The lowest BCUT2D eigenvalue weighted by Crippen LogP contribution is -2.41. The second-order valence-electron chi connectivity index (χ2n) is 5.04. The van der Waals surface area contributed by atoms with E-state index in [1.807, 2.05) is 66.6 Å². The minimum Gasteiger partial charge on any atom is -0.334 e. The first-order valence-corrected chi connectivity index (χ1v) is 7.61. The monoisotopic (exact) mass is 288 g/mol. The average molecular weight is 288 g/mol. The van der Waals surface area contributed by atoms with Gasteiger partial charge < -0.3 is 10.6 Å². The van der Waals surface area contributed by atoms with Crippen LogP contribution < -0.4 is 5.73 Å². The molecule has 2 N–H and O–H groups in total. The van der Waals surface area contributed by atoms with Gasteiger partial charge in [0.15, 0.2) is 0 Å². The molecule has 3 nitrogen and oxygen atoms in total.